The maximum absolute atomic E-state index is 12.1. The number of nitrogens with one attached hydrogen (secondary N) is 1. The van der Waals surface area contributed by atoms with E-state index in [-0.39, 0.29) is 17.2 Å². The van der Waals surface area contributed by atoms with Crippen molar-refractivity contribution in [2.45, 2.75) is 51.4 Å². The van der Waals surface area contributed by atoms with Crippen LogP contribution in [0.15, 0.2) is 5.16 Å². The lowest BCUT2D eigenvalue weighted by Gasteiger charge is -2.56. The molecular formula is C15H25N3O2. The Morgan fingerprint density at radius 3 is 2.25 bits per heavy atom. The molecule has 112 valence electrons. The molecule has 4 saturated carbocycles. The van der Waals surface area contributed by atoms with E-state index in [4.69, 9.17) is 10.9 Å². The number of hydrogen-bond acceptors (Lipinski definition) is 3. The minimum Gasteiger partial charge on any atom is -0.409 e. The molecule has 0 atom stereocenters. The van der Waals surface area contributed by atoms with Gasteiger partial charge in [0.15, 0.2) is 0 Å². The minimum absolute atomic E-state index is 0.137. The van der Waals surface area contributed by atoms with Crippen LogP contribution in [-0.2, 0) is 4.79 Å². The van der Waals surface area contributed by atoms with Crippen LogP contribution in [0.3, 0.4) is 0 Å². The summed E-state index contributed by atoms with van der Waals surface area (Å²) < 4.78 is 0. The summed E-state index contributed by atoms with van der Waals surface area (Å²) in [5.74, 6) is 2.95. The number of carbonyl (C=O) groups excluding carboxylic acids is 1. The number of amidine groups is 1. The molecule has 4 fully saturated rings. The van der Waals surface area contributed by atoms with Crippen LogP contribution < -0.4 is 11.1 Å². The van der Waals surface area contributed by atoms with Crippen LogP contribution in [0.25, 0.3) is 0 Å². The van der Waals surface area contributed by atoms with E-state index in [1.165, 1.54) is 38.5 Å². The van der Waals surface area contributed by atoms with Gasteiger partial charge >= 0.3 is 0 Å². The zero-order valence-electron chi connectivity index (χ0n) is 12.0. The molecule has 1 amide bonds. The second-order valence-corrected chi connectivity index (χ2v) is 7.29. The highest BCUT2D eigenvalue weighted by molar-refractivity contribution is 5.81. The van der Waals surface area contributed by atoms with Crippen LogP contribution in [0.1, 0.15) is 51.4 Å². The quantitative estimate of drug-likeness (QED) is 0.310. The van der Waals surface area contributed by atoms with Crippen molar-refractivity contribution >= 4 is 11.7 Å². The predicted molar refractivity (Wildman–Crippen MR) is 76.3 cm³/mol. The molecule has 0 aliphatic heterocycles. The summed E-state index contributed by atoms with van der Waals surface area (Å²) in [4.78, 5) is 12.1. The summed E-state index contributed by atoms with van der Waals surface area (Å²) in [6, 6.07) is 0. The fourth-order valence-electron chi connectivity index (χ4n) is 5.29. The van der Waals surface area contributed by atoms with Gasteiger partial charge in [0.1, 0.15) is 5.84 Å². The van der Waals surface area contributed by atoms with Crippen LogP contribution in [-0.4, -0.2) is 23.5 Å². The van der Waals surface area contributed by atoms with Gasteiger partial charge in [0.2, 0.25) is 5.91 Å². The normalized spacial score (nSPS) is 39.0. The summed E-state index contributed by atoms with van der Waals surface area (Å²) in [7, 11) is 0. The van der Waals surface area contributed by atoms with Crippen molar-refractivity contribution in [1.29, 1.82) is 0 Å². The van der Waals surface area contributed by atoms with E-state index in [1.807, 2.05) is 0 Å². The molecule has 0 saturated heterocycles. The third-order valence-corrected chi connectivity index (χ3v) is 5.53. The summed E-state index contributed by atoms with van der Waals surface area (Å²) in [6.07, 6.45) is 9.07. The molecule has 5 nitrogen and oxygen atoms in total. The molecule has 0 unspecified atom stereocenters. The highest BCUT2D eigenvalue weighted by atomic mass is 16.4. The lowest BCUT2D eigenvalue weighted by molar-refractivity contribution is -0.129. The third kappa shape index (κ3) is 2.76. The average Bonchev–Trinajstić information content (AvgIpc) is 2.36. The van der Waals surface area contributed by atoms with Crippen LogP contribution in [0.2, 0.25) is 0 Å². The van der Waals surface area contributed by atoms with Crippen LogP contribution >= 0.6 is 0 Å². The van der Waals surface area contributed by atoms with Crippen molar-refractivity contribution in [2.75, 3.05) is 6.54 Å². The largest absolute Gasteiger partial charge is 0.409 e. The highest BCUT2D eigenvalue weighted by Gasteiger charge is 2.51. The highest BCUT2D eigenvalue weighted by Crippen LogP contribution is 2.61. The molecule has 4 N–H and O–H groups in total. The summed E-state index contributed by atoms with van der Waals surface area (Å²) in [5, 5.41) is 14.3. The molecule has 4 aliphatic carbocycles. The molecule has 0 aromatic rings. The van der Waals surface area contributed by atoms with E-state index in [1.54, 1.807) is 0 Å². The Balaban J connectivity index is 1.51. The second-order valence-electron chi connectivity index (χ2n) is 7.29. The monoisotopic (exact) mass is 279 g/mol. The molecule has 4 rings (SSSR count). The second kappa shape index (κ2) is 5.26. The number of hydrogen-bond donors (Lipinski definition) is 3. The van der Waals surface area contributed by atoms with Gasteiger partial charge in [0.05, 0.1) is 0 Å². The standard InChI is InChI=1S/C15H25N3O2/c16-13(18-20)1-2-17-14(19)9-15-6-10-3-11(7-15)5-12(4-10)8-15/h10-12,20H,1-9H2,(H2,16,18)(H,17,19). The average molecular weight is 279 g/mol. The molecule has 0 heterocycles. The zero-order chi connectivity index (χ0) is 14.2. The van der Waals surface area contributed by atoms with E-state index in [9.17, 15) is 4.79 Å². The smallest absolute Gasteiger partial charge is 0.220 e. The molecule has 4 bridgehead atoms. The Kier molecular flexibility index (Phi) is 3.61. The SMILES string of the molecule is NC(CCNC(=O)CC12CC3CC(CC(C3)C1)C2)=NO. The maximum Gasteiger partial charge on any atom is 0.220 e. The topological polar surface area (TPSA) is 87.7 Å². The third-order valence-electron chi connectivity index (χ3n) is 5.53. The van der Waals surface area contributed by atoms with Gasteiger partial charge in [-0.1, -0.05) is 5.16 Å². The van der Waals surface area contributed by atoms with E-state index in [0.717, 1.165) is 17.8 Å². The molecule has 0 spiro atoms. The van der Waals surface area contributed by atoms with Crippen LogP contribution in [0, 0.1) is 23.2 Å². The van der Waals surface area contributed by atoms with Gasteiger partial charge < -0.3 is 16.3 Å². The summed E-state index contributed by atoms with van der Waals surface area (Å²) >= 11 is 0. The summed E-state index contributed by atoms with van der Waals surface area (Å²) in [6.45, 7) is 0.459. The number of oxime groups is 1. The first kappa shape index (κ1) is 13.7. The van der Waals surface area contributed by atoms with Crippen molar-refractivity contribution in [3.8, 4) is 0 Å². The summed E-state index contributed by atoms with van der Waals surface area (Å²) in [5.41, 5.74) is 5.68. The fraction of sp³-hybridized carbons (Fsp3) is 0.867. The van der Waals surface area contributed by atoms with E-state index < -0.39 is 0 Å². The first-order valence-electron chi connectivity index (χ1n) is 7.82. The minimum atomic E-state index is 0.137. The zero-order valence-corrected chi connectivity index (χ0v) is 12.0. The van der Waals surface area contributed by atoms with Gasteiger partial charge in [-0.15, -0.1) is 0 Å². The van der Waals surface area contributed by atoms with Gasteiger partial charge in [-0.3, -0.25) is 4.79 Å². The first-order valence-corrected chi connectivity index (χ1v) is 7.82. The lowest BCUT2D eigenvalue weighted by atomic mass is 9.49. The molecular weight excluding hydrogens is 254 g/mol. The molecule has 20 heavy (non-hydrogen) atoms. The number of rotatable bonds is 5. The Morgan fingerprint density at radius 2 is 1.75 bits per heavy atom. The van der Waals surface area contributed by atoms with Crippen molar-refractivity contribution < 1.29 is 10.0 Å². The van der Waals surface area contributed by atoms with Crippen molar-refractivity contribution in [2.24, 2.45) is 34.1 Å². The predicted octanol–water partition coefficient (Wildman–Crippen LogP) is 1.85. The van der Waals surface area contributed by atoms with E-state index >= 15 is 0 Å². The number of amides is 1. The lowest BCUT2D eigenvalue weighted by Crippen LogP contribution is -2.48. The van der Waals surface area contributed by atoms with E-state index in [2.05, 4.69) is 10.5 Å². The number of carbonyl (C=O) groups is 1. The van der Waals surface area contributed by atoms with E-state index in [0.29, 0.717) is 19.4 Å². The van der Waals surface area contributed by atoms with Gasteiger partial charge in [0.25, 0.3) is 0 Å². The van der Waals surface area contributed by atoms with Crippen molar-refractivity contribution in [3.63, 3.8) is 0 Å². The Bertz CT molecular complexity index is 384. The van der Waals surface area contributed by atoms with Crippen molar-refractivity contribution in [1.82, 2.24) is 5.32 Å². The van der Waals surface area contributed by atoms with Crippen LogP contribution in [0.5, 0.6) is 0 Å². The fourth-order valence-corrected chi connectivity index (χ4v) is 5.29. The Labute approximate surface area is 120 Å². The van der Waals surface area contributed by atoms with Gasteiger partial charge in [0, 0.05) is 19.4 Å². The van der Waals surface area contributed by atoms with Crippen molar-refractivity contribution in [3.05, 3.63) is 0 Å². The first-order chi connectivity index (χ1) is 9.58. The maximum atomic E-state index is 12.1. The van der Waals surface area contributed by atoms with Gasteiger partial charge in [-0.2, -0.15) is 0 Å². The Hall–Kier alpha value is -1.26. The molecule has 5 heteroatoms. The number of nitrogens with two attached hydrogens (primary N) is 1. The molecule has 0 aromatic carbocycles. The molecule has 0 aromatic heterocycles. The van der Waals surface area contributed by atoms with Crippen LogP contribution in [0.4, 0.5) is 0 Å². The Morgan fingerprint density at radius 1 is 1.20 bits per heavy atom. The number of nitrogens with zero attached hydrogens (tertiary/aromatic N) is 1. The molecule has 4 aliphatic rings. The van der Waals surface area contributed by atoms with Gasteiger partial charge in [-0.25, -0.2) is 0 Å². The van der Waals surface area contributed by atoms with Gasteiger partial charge in [-0.05, 0) is 61.7 Å². The molecule has 0 radical (unpaired) electrons.